The van der Waals surface area contributed by atoms with Crippen LogP contribution < -0.4 is 10.6 Å². The van der Waals surface area contributed by atoms with Gasteiger partial charge in [0.1, 0.15) is 23.4 Å². The number of nitrogens with one attached hydrogen (secondary N) is 2. The Hall–Kier alpha value is -4.11. The maximum atomic E-state index is 14.2. The lowest BCUT2D eigenvalue weighted by atomic mass is 9.96. The zero-order chi connectivity index (χ0) is 31.9. The second-order valence-electron chi connectivity index (χ2n) is 12.4. The summed E-state index contributed by atoms with van der Waals surface area (Å²) >= 11 is 0. The number of ether oxygens (including phenoxy) is 1. The van der Waals surface area contributed by atoms with E-state index >= 15 is 0 Å². The van der Waals surface area contributed by atoms with Gasteiger partial charge in [-0.25, -0.2) is 4.79 Å². The van der Waals surface area contributed by atoms with Crippen LogP contribution in [0.2, 0.25) is 0 Å². The number of carbonyl (C=O) groups excluding carboxylic acids is 3. The molecule has 0 heterocycles. The summed E-state index contributed by atoms with van der Waals surface area (Å²) < 4.78 is 5.34. The van der Waals surface area contributed by atoms with E-state index in [1.165, 1.54) is 11.0 Å². The van der Waals surface area contributed by atoms with Crippen molar-refractivity contribution in [3.05, 3.63) is 71.8 Å². The highest BCUT2D eigenvalue weighted by Crippen LogP contribution is 2.31. The van der Waals surface area contributed by atoms with Gasteiger partial charge in [-0.2, -0.15) is 0 Å². The summed E-state index contributed by atoms with van der Waals surface area (Å²) in [6.07, 6.45) is 0.500. The van der Waals surface area contributed by atoms with E-state index in [4.69, 9.17) is 4.74 Å². The number of alkyl carbamates (subject to hydrolysis) is 1. The van der Waals surface area contributed by atoms with Gasteiger partial charge in [-0.1, -0.05) is 50.2 Å². The van der Waals surface area contributed by atoms with Crippen LogP contribution in [0.15, 0.2) is 60.7 Å². The van der Waals surface area contributed by atoms with E-state index in [9.17, 15) is 24.6 Å². The van der Waals surface area contributed by atoms with Crippen LogP contribution in [-0.4, -0.2) is 57.3 Å². The van der Waals surface area contributed by atoms with Crippen LogP contribution in [0, 0.1) is 12.8 Å². The molecule has 0 bridgehead atoms. The van der Waals surface area contributed by atoms with Crippen molar-refractivity contribution in [3.63, 3.8) is 0 Å². The molecule has 0 fully saturated rings. The first-order valence-electron chi connectivity index (χ1n) is 14.7. The van der Waals surface area contributed by atoms with E-state index in [1.807, 2.05) is 43.3 Å². The van der Waals surface area contributed by atoms with E-state index in [-0.39, 0.29) is 5.75 Å². The highest BCUT2D eigenvalue weighted by molar-refractivity contribution is 6.00. The largest absolute Gasteiger partial charge is 0.508 e. The van der Waals surface area contributed by atoms with E-state index < -0.39 is 48.2 Å². The van der Waals surface area contributed by atoms with Gasteiger partial charge in [0.15, 0.2) is 0 Å². The van der Waals surface area contributed by atoms with E-state index in [0.717, 1.165) is 17.2 Å². The predicted molar refractivity (Wildman–Crippen MR) is 169 cm³/mol. The monoisotopic (exact) mass is 591 g/mol. The fourth-order valence-electron chi connectivity index (χ4n) is 4.89. The molecule has 4 N–H and O–H groups in total. The minimum absolute atomic E-state index is 0.0583. The molecule has 3 unspecified atom stereocenters. The Bertz CT molecular complexity index is 1430. The molecule has 0 aliphatic heterocycles. The Labute approximate surface area is 254 Å². The fourth-order valence-corrected chi connectivity index (χ4v) is 4.89. The topological polar surface area (TPSA) is 128 Å². The molecule has 0 aliphatic rings. The molecule has 3 atom stereocenters. The third-order valence-corrected chi connectivity index (χ3v) is 7.14. The number of aryl methyl sites for hydroxylation is 1. The first-order chi connectivity index (χ1) is 20.2. The molecule has 9 heteroatoms. The average molecular weight is 592 g/mol. The van der Waals surface area contributed by atoms with Gasteiger partial charge in [0.25, 0.3) is 5.91 Å². The fraction of sp³-hybridized carbons (Fsp3) is 0.441. The summed E-state index contributed by atoms with van der Waals surface area (Å²) in [6.45, 7) is 12.1. The van der Waals surface area contributed by atoms with E-state index in [1.54, 1.807) is 45.9 Å². The number of hydrogen-bond donors (Lipinski definition) is 4. The highest BCUT2D eigenvalue weighted by Gasteiger charge is 2.39. The minimum atomic E-state index is -1.36. The predicted octanol–water partition coefficient (Wildman–Crippen LogP) is 6.07. The molecule has 3 aromatic rings. The summed E-state index contributed by atoms with van der Waals surface area (Å²) in [7, 11) is 0. The number of hydrogen-bond acceptors (Lipinski definition) is 6. The maximum Gasteiger partial charge on any atom is 0.408 e. The second kappa shape index (κ2) is 14.4. The average Bonchev–Trinajstić information content (AvgIpc) is 2.93. The number of phenolic OH excluding ortho intramolecular Hbond substituents is 1. The van der Waals surface area contributed by atoms with Crippen LogP contribution in [0.25, 0.3) is 10.8 Å². The number of anilines is 1. The lowest BCUT2D eigenvalue weighted by molar-refractivity contribution is -0.144. The van der Waals surface area contributed by atoms with Crippen molar-refractivity contribution in [1.82, 2.24) is 10.2 Å². The Morgan fingerprint density at radius 3 is 2.21 bits per heavy atom. The third kappa shape index (κ3) is 9.19. The molecule has 3 amide bonds. The standard InChI is InChI=1S/C34H45N3O6/c1-21(2)12-13-23(4)37(32(41)28(20-38)36-33(42)43-34(5,6)7)30(26-15-17-29(39)22(3)18-26)31(40)35-27-16-14-24-10-8-9-11-25(24)19-27/h8-11,14-19,21,23,28,30,38-39H,12-13,20H2,1-7H3,(H,35,40)(H,36,42). The lowest BCUT2D eigenvalue weighted by Crippen LogP contribution is -2.56. The maximum absolute atomic E-state index is 14.2. The highest BCUT2D eigenvalue weighted by atomic mass is 16.6. The lowest BCUT2D eigenvalue weighted by Gasteiger charge is -2.38. The summed E-state index contributed by atoms with van der Waals surface area (Å²) in [4.78, 5) is 42.5. The van der Waals surface area contributed by atoms with Gasteiger partial charge in [0.2, 0.25) is 5.91 Å². The number of carbonyl (C=O) groups is 3. The van der Waals surface area contributed by atoms with Crippen LogP contribution in [0.1, 0.15) is 71.6 Å². The zero-order valence-electron chi connectivity index (χ0n) is 26.2. The van der Waals surface area contributed by atoms with Crippen molar-refractivity contribution in [3.8, 4) is 5.75 Å². The molecule has 0 aromatic heterocycles. The van der Waals surface area contributed by atoms with Crippen molar-refractivity contribution in [1.29, 1.82) is 0 Å². The number of rotatable bonds is 11. The van der Waals surface area contributed by atoms with Crippen LogP contribution >= 0.6 is 0 Å². The first-order valence-corrected chi connectivity index (χ1v) is 14.7. The molecule has 0 aliphatic carbocycles. The normalized spacial score (nSPS) is 13.7. The summed E-state index contributed by atoms with van der Waals surface area (Å²) in [5.74, 6) is -0.704. The van der Waals surface area contributed by atoms with Crippen LogP contribution in [0.5, 0.6) is 5.75 Å². The molecule has 0 radical (unpaired) electrons. The van der Waals surface area contributed by atoms with Crippen molar-refractivity contribution < 1.29 is 29.3 Å². The molecular weight excluding hydrogens is 546 g/mol. The summed E-state index contributed by atoms with van der Waals surface area (Å²) in [5, 5.41) is 27.9. The molecule has 9 nitrogen and oxygen atoms in total. The first kappa shape index (κ1) is 33.4. The van der Waals surface area contributed by atoms with Crippen LogP contribution in [-0.2, 0) is 14.3 Å². The number of nitrogens with zero attached hydrogens (tertiary/aromatic N) is 1. The van der Waals surface area contributed by atoms with Gasteiger partial charge < -0.3 is 30.5 Å². The smallest absolute Gasteiger partial charge is 0.408 e. The zero-order valence-corrected chi connectivity index (χ0v) is 26.2. The Morgan fingerprint density at radius 2 is 1.60 bits per heavy atom. The van der Waals surface area contributed by atoms with Gasteiger partial charge in [-0.05, 0) is 99.5 Å². The Balaban J connectivity index is 2.08. The number of amides is 3. The van der Waals surface area contributed by atoms with Gasteiger partial charge in [0.05, 0.1) is 6.61 Å². The SMILES string of the molecule is Cc1cc(C(C(=O)Nc2ccc3ccccc3c2)N(C(=O)C(CO)NC(=O)OC(C)(C)C)C(C)CCC(C)C)ccc1O. The Morgan fingerprint density at radius 1 is 0.930 bits per heavy atom. The molecule has 0 saturated carbocycles. The number of phenols is 1. The number of aliphatic hydroxyl groups is 1. The van der Waals surface area contributed by atoms with E-state index in [0.29, 0.717) is 29.2 Å². The number of aromatic hydroxyl groups is 1. The van der Waals surface area contributed by atoms with Crippen molar-refractivity contribution >= 4 is 34.4 Å². The van der Waals surface area contributed by atoms with Gasteiger partial charge in [-0.15, -0.1) is 0 Å². The number of fused-ring (bicyclic) bond motifs is 1. The van der Waals surface area contributed by atoms with Gasteiger partial charge in [-0.3, -0.25) is 9.59 Å². The van der Waals surface area contributed by atoms with E-state index in [2.05, 4.69) is 24.5 Å². The molecule has 232 valence electrons. The molecule has 43 heavy (non-hydrogen) atoms. The molecule has 0 spiro atoms. The van der Waals surface area contributed by atoms with Crippen molar-refractivity contribution in [2.75, 3.05) is 11.9 Å². The van der Waals surface area contributed by atoms with Crippen molar-refractivity contribution in [2.45, 2.75) is 85.0 Å². The van der Waals surface area contributed by atoms with Gasteiger partial charge >= 0.3 is 6.09 Å². The van der Waals surface area contributed by atoms with Crippen LogP contribution in [0.4, 0.5) is 10.5 Å². The van der Waals surface area contributed by atoms with Crippen LogP contribution in [0.3, 0.4) is 0 Å². The molecular formula is C34H45N3O6. The Kier molecular flexibility index (Phi) is 11.2. The molecule has 0 saturated heterocycles. The summed E-state index contributed by atoms with van der Waals surface area (Å²) in [5.41, 5.74) is 0.751. The number of aliphatic hydroxyl groups excluding tert-OH is 1. The third-order valence-electron chi connectivity index (χ3n) is 7.14. The second-order valence-corrected chi connectivity index (χ2v) is 12.4. The van der Waals surface area contributed by atoms with Gasteiger partial charge in [0, 0.05) is 11.7 Å². The molecule has 3 rings (SSSR count). The number of benzene rings is 3. The minimum Gasteiger partial charge on any atom is -0.508 e. The quantitative estimate of drug-likeness (QED) is 0.214. The molecule has 3 aromatic carbocycles. The summed E-state index contributed by atoms with van der Waals surface area (Å²) in [6, 6.07) is 15.2. The van der Waals surface area contributed by atoms with Crippen molar-refractivity contribution in [2.24, 2.45) is 5.92 Å².